The van der Waals surface area contributed by atoms with Crippen LogP contribution in [-0.4, -0.2) is 43.2 Å². The van der Waals surface area contributed by atoms with E-state index >= 15 is 0 Å². The maximum absolute atomic E-state index is 11.9. The summed E-state index contributed by atoms with van der Waals surface area (Å²) in [5, 5.41) is 2.83. The average molecular weight is 288 g/mol. The van der Waals surface area contributed by atoms with Gasteiger partial charge in [-0.3, -0.25) is 9.69 Å². The van der Waals surface area contributed by atoms with E-state index in [0.29, 0.717) is 13.1 Å². The van der Waals surface area contributed by atoms with Crippen molar-refractivity contribution < 1.29 is 9.53 Å². The first-order valence-electron chi connectivity index (χ1n) is 7.53. The van der Waals surface area contributed by atoms with Crippen LogP contribution < -0.4 is 5.32 Å². The predicted octanol–water partition coefficient (Wildman–Crippen LogP) is 1.97. The van der Waals surface area contributed by atoms with Gasteiger partial charge < -0.3 is 10.1 Å². The summed E-state index contributed by atoms with van der Waals surface area (Å²) < 4.78 is 5.69. The van der Waals surface area contributed by atoms with E-state index in [-0.39, 0.29) is 12.0 Å². The zero-order valence-corrected chi connectivity index (χ0v) is 12.5. The number of benzene rings is 1. The number of amides is 1. The monoisotopic (exact) mass is 288 g/mol. The molecular weight excluding hydrogens is 264 g/mol. The minimum absolute atomic E-state index is 0.0313. The zero-order chi connectivity index (χ0) is 14.9. The second-order valence-electron chi connectivity index (χ2n) is 5.38. The van der Waals surface area contributed by atoms with E-state index in [1.54, 1.807) is 6.08 Å². The standard InChI is InChI=1S/C17H24N2O2/c1-2-10-18-17(20)14-19(13-16-9-6-11-21-16)12-15-7-4-3-5-8-15/h2-5,7-8,16H,1,6,9-14H2,(H,18,20). The van der Waals surface area contributed by atoms with E-state index in [1.165, 1.54) is 5.56 Å². The lowest BCUT2D eigenvalue weighted by Gasteiger charge is -2.24. The van der Waals surface area contributed by atoms with Crippen LogP contribution >= 0.6 is 0 Å². The van der Waals surface area contributed by atoms with Gasteiger partial charge in [-0.25, -0.2) is 0 Å². The van der Waals surface area contributed by atoms with Gasteiger partial charge in [-0.2, -0.15) is 0 Å². The summed E-state index contributed by atoms with van der Waals surface area (Å²) in [4.78, 5) is 14.1. The molecule has 1 N–H and O–H groups in total. The van der Waals surface area contributed by atoms with E-state index < -0.39 is 0 Å². The summed E-state index contributed by atoms with van der Waals surface area (Å²) in [6, 6.07) is 10.2. The van der Waals surface area contributed by atoms with E-state index in [1.807, 2.05) is 18.2 Å². The molecule has 1 aliphatic heterocycles. The number of rotatable bonds is 8. The Morgan fingerprint density at radius 3 is 2.90 bits per heavy atom. The topological polar surface area (TPSA) is 41.6 Å². The molecule has 114 valence electrons. The molecule has 0 aliphatic carbocycles. The number of carbonyl (C=O) groups excluding carboxylic acids is 1. The summed E-state index contributed by atoms with van der Waals surface area (Å²) in [5.41, 5.74) is 1.21. The summed E-state index contributed by atoms with van der Waals surface area (Å²) in [6.07, 6.45) is 4.15. The minimum atomic E-state index is 0.0313. The van der Waals surface area contributed by atoms with Crippen LogP contribution in [0.4, 0.5) is 0 Å². The summed E-state index contributed by atoms with van der Waals surface area (Å²) in [6.45, 7) is 6.93. The van der Waals surface area contributed by atoms with E-state index in [9.17, 15) is 4.79 Å². The van der Waals surface area contributed by atoms with Crippen LogP contribution in [0.1, 0.15) is 18.4 Å². The molecule has 1 aliphatic rings. The Hall–Kier alpha value is -1.65. The highest BCUT2D eigenvalue weighted by molar-refractivity contribution is 5.78. The Labute approximate surface area is 126 Å². The van der Waals surface area contributed by atoms with Gasteiger partial charge in [0, 0.05) is 26.2 Å². The minimum Gasteiger partial charge on any atom is -0.377 e. The average Bonchev–Trinajstić information content (AvgIpc) is 2.99. The fraction of sp³-hybridized carbons (Fsp3) is 0.471. The second kappa shape index (κ2) is 8.60. The van der Waals surface area contributed by atoms with Crippen molar-refractivity contribution in [2.75, 3.05) is 26.2 Å². The quantitative estimate of drug-likeness (QED) is 0.744. The fourth-order valence-corrected chi connectivity index (χ4v) is 2.55. The number of ether oxygens (including phenoxy) is 1. The lowest BCUT2D eigenvalue weighted by Crippen LogP contribution is -2.40. The zero-order valence-electron chi connectivity index (χ0n) is 12.5. The molecule has 0 bridgehead atoms. The van der Waals surface area contributed by atoms with Crippen molar-refractivity contribution in [1.82, 2.24) is 10.2 Å². The maximum Gasteiger partial charge on any atom is 0.234 e. The lowest BCUT2D eigenvalue weighted by atomic mass is 10.2. The van der Waals surface area contributed by atoms with Gasteiger partial charge in [0.2, 0.25) is 5.91 Å². The molecule has 1 aromatic rings. The molecule has 0 spiro atoms. The van der Waals surface area contributed by atoms with Crippen molar-refractivity contribution in [1.29, 1.82) is 0 Å². The number of nitrogens with zero attached hydrogens (tertiary/aromatic N) is 1. The number of nitrogens with one attached hydrogen (secondary N) is 1. The highest BCUT2D eigenvalue weighted by Gasteiger charge is 2.20. The molecule has 21 heavy (non-hydrogen) atoms. The molecule has 1 saturated heterocycles. The number of carbonyl (C=O) groups is 1. The molecule has 1 amide bonds. The first-order valence-corrected chi connectivity index (χ1v) is 7.53. The Balaban J connectivity index is 1.92. The third-order valence-electron chi connectivity index (χ3n) is 3.55. The Kier molecular flexibility index (Phi) is 6.44. The summed E-state index contributed by atoms with van der Waals surface area (Å²) in [7, 11) is 0. The summed E-state index contributed by atoms with van der Waals surface area (Å²) in [5.74, 6) is 0.0313. The van der Waals surface area contributed by atoms with Crippen molar-refractivity contribution in [3.8, 4) is 0 Å². The molecule has 1 fully saturated rings. The molecule has 4 nitrogen and oxygen atoms in total. The molecule has 1 aromatic carbocycles. The van der Waals surface area contributed by atoms with E-state index in [4.69, 9.17) is 4.74 Å². The van der Waals surface area contributed by atoms with Gasteiger partial charge in [0.05, 0.1) is 12.6 Å². The van der Waals surface area contributed by atoms with Gasteiger partial charge in [-0.1, -0.05) is 36.4 Å². The van der Waals surface area contributed by atoms with Crippen LogP contribution in [0.5, 0.6) is 0 Å². The predicted molar refractivity (Wildman–Crippen MR) is 83.9 cm³/mol. The van der Waals surface area contributed by atoms with Crippen molar-refractivity contribution >= 4 is 5.91 Å². The third kappa shape index (κ3) is 5.69. The first-order chi connectivity index (χ1) is 10.3. The first kappa shape index (κ1) is 15.7. The SMILES string of the molecule is C=CCNC(=O)CN(Cc1ccccc1)CC1CCCO1. The van der Waals surface area contributed by atoms with Crippen LogP contribution in [0.15, 0.2) is 43.0 Å². The van der Waals surface area contributed by atoms with Gasteiger partial charge in [0.25, 0.3) is 0 Å². The van der Waals surface area contributed by atoms with Crippen LogP contribution in [0, 0.1) is 0 Å². The molecule has 0 radical (unpaired) electrons. The lowest BCUT2D eigenvalue weighted by molar-refractivity contribution is -0.122. The largest absolute Gasteiger partial charge is 0.377 e. The maximum atomic E-state index is 11.9. The van der Waals surface area contributed by atoms with Crippen molar-refractivity contribution in [2.45, 2.75) is 25.5 Å². The van der Waals surface area contributed by atoms with E-state index in [2.05, 4.69) is 28.9 Å². The molecule has 0 saturated carbocycles. The molecule has 2 rings (SSSR count). The van der Waals surface area contributed by atoms with Gasteiger partial charge >= 0.3 is 0 Å². The van der Waals surface area contributed by atoms with Gasteiger partial charge in [-0.05, 0) is 18.4 Å². The van der Waals surface area contributed by atoms with Crippen LogP contribution in [0.3, 0.4) is 0 Å². The molecule has 1 heterocycles. The van der Waals surface area contributed by atoms with Gasteiger partial charge in [0.1, 0.15) is 0 Å². The van der Waals surface area contributed by atoms with Crippen LogP contribution in [0.25, 0.3) is 0 Å². The van der Waals surface area contributed by atoms with Crippen molar-refractivity contribution in [3.05, 3.63) is 48.6 Å². The van der Waals surface area contributed by atoms with Crippen LogP contribution in [0.2, 0.25) is 0 Å². The van der Waals surface area contributed by atoms with E-state index in [0.717, 1.165) is 32.5 Å². The van der Waals surface area contributed by atoms with Gasteiger partial charge in [0.15, 0.2) is 0 Å². The Morgan fingerprint density at radius 2 is 2.24 bits per heavy atom. The van der Waals surface area contributed by atoms with Crippen molar-refractivity contribution in [2.24, 2.45) is 0 Å². The Morgan fingerprint density at radius 1 is 1.43 bits per heavy atom. The highest BCUT2D eigenvalue weighted by Crippen LogP contribution is 2.15. The molecule has 4 heteroatoms. The molecule has 0 aromatic heterocycles. The molecular formula is C17H24N2O2. The highest BCUT2D eigenvalue weighted by atomic mass is 16.5. The van der Waals surface area contributed by atoms with Crippen LogP contribution in [-0.2, 0) is 16.1 Å². The summed E-state index contributed by atoms with van der Waals surface area (Å²) >= 11 is 0. The molecule has 1 atom stereocenters. The van der Waals surface area contributed by atoms with Gasteiger partial charge in [-0.15, -0.1) is 6.58 Å². The Bertz CT molecular complexity index is 441. The second-order valence-corrected chi connectivity index (χ2v) is 5.38. The van der Waals surface area contributed by atoms with Crippen molar-refractivity contribution in [3.63, 3.8) is 0 Å². The third-order valence-corrected chi connectivity index (χ3v) is 3.55. The molecule has 1 unspecified atom stereocenters. The fourth-order valence-electron chi connectivity index (χ4n) is 2.55. The number of hydrogen-bond donors (Lipinski definition) is 1. The normalized spacial score (nSPS) is 17.9. The smallest absolute Gasteiger partial charge is 0.234 e. The number of hydrogen-bond acceptors (Lipinski definition) is 3.